The zero-order chi connectivity index (χ0) is 17.5. The number of nitrogens with one attached hydrogen (secondary N) is 1. The number of nitrogens with zero attached hydrogens (tertiary/aromatic N) is 1. The predicted molar refractivity (Wildman–Crippen MR) is 97.2 cm³/mol. The molecular formula is C18H21BrN2O3. The molecule has 0 bridgehead atoms. The molecule has 1 aromatic heterocycles. The smallest absolute Gasteiger partial charge is 0.410 e. The van der Waals surface area contributed by atoms with Crippen molar-refractivity contribution >= 4 is 32.9 Å². The molecule has 1 unspecified atom stereocenters. The monoisotopic (exact) mass is 392 g/mol. The molecule has 5 nitrogen and oxygen atoms in total. The van der Waals surface area contributed by atoms with Crippen LogP contribution in [0.1, 0.15) is 45.3 Å². The number of hydrogen-bond acceptors (Lipinski definition) is 3. The molecule has 1 aromatic carbocycles. The van der Waals surface area contributed by atoms with Gasteiger partial charge < -0.3 is 9.72 Å². The first kappa shape index (κ1) is 17.0. The molecule has 1 aliphatic rings. The topological polar surface area (TPSA) is 62.4 Å². The fraction of sp³-hybridized carbons (Fsp3) is 0.444. The third kappa shape index (κ3) is 3.48. The number of H-pyrrole nitrogens is 1. The van der Waals surface area contributed by atoms with E-state index in [2.05, 4.69) is 20.9 Å². The lowest BCUT2D eigenvalue weighted by atomic mass is 10.1. The van der Waals surface area contributed by atoms with Gasteiger partial charge in [-0.2, -0.15) is 0 Å². The molecule has 0 saturated carbocycles. The number of benzene rings is 1. The maximum absolute atomic E-state index is 12.5. The molecule has 1 N–H and O–H groups in total. The fourth-order valence-electron chi connectivity index (χ4n) is 3.05. The lowest BCUT2D eigenvalue weighted by molar-refractivity contribution is 0.0221. The number of fused-ring (bicyclic) bond motifs is 1. The van der Waals surface area contributed by atoms with Crippen molar-refractivity contribution in [2.75, 3.05) is 6.54 Å². The average molecular weight is 393 g/mol. The first-order chi connectivity index (χ1) is 11.2. The van der Waals surface area contributed by atoms with Gasteiger partial charge in [0, 0.05) is 28.2 Å². The quantitative estimate of drug-likeness (QED) is 0.783. The van der Waals surface area contributed by atoms with Gasteiger partial charge in [0.15, 0.2) is 5.43 Å². The van der Waals surface area contributed by atoms with Gasteiger partial charge in [-0.1, -0.05) is 15.9 Å². The fourth-order valence-corrected chi connectivity index (χ4v) is 3.42. The van der Waals surface area contributed by atoms with E-state index in [1.165, 1.54) is 0 Å². The minimum atomic E-state index is -0.536. The van der Waals surface area contributed by atoms with Crippen LogP contribution in [0.3, 0.4) is 0 Å². The Kier molecular flexibility index (Phi) is 4.42. The maximum atomic E-state index is 12.5. The van der Waals surface area contributed by atoms with Crippen molar-refractivity contribution in [3.8, 4) is 0 Å². The van der Waals surface area contributed by atoms with Crippen molar-refractivity contribution in [1.29, 1.82) is 0 Å². The molecule has 6 heteroatoms. The zero-order valence-electron chi connectivity index (χ0n) is 14.1. The number of halogens is 1. The van der Waals surface area contributed by atoms with Crippen LogP contribution in [0.5, 0.6) is 0 Å². The van der Waals surface area contributed by atoms with Gasteiger partial charge in [0.2, 0.25) is 0 Å². The third-order valence-corrected chi connectivity index (χ3v) is 4.55. The highest BCUT2D eigenvalue weighted by Crippen LogP contribution is 2.32. The van der Waals surface area contributed by atoms with Gasteiger partial charge in [-0.05, 0) is 51.8 Å². The molecule has 128 valence electrons. The summed E-state index contributed by atoms with van der Waals surface area (Å²) in [6.07, 6.45) is 1.37. The van der Waals surface area contributed by atoms with Crippen molar-refractivity contribution in [2.45, 2.75) is 45.3 Å². The second-order valence-electron chi connectivity index (χ2n) is 7.11. The van der Waals surface area contributed by atoms with E-state index in [1.54, 1.807) is 17.0 Å². The Bertz CT molecular complexity index is 838. The SMILES string of the molecule is CC(C)(C)OC(=O)N1CCCC1c1cc(=O)c2ccc(Br)cc2[nH]1. The number of carbonyl (C=O) groups excluding carboxylic acids is 1. The Morgan fingerprint density at radius 3 is 2.79 bits per heavy atom. The second kappa shape index (κ2) is 6.24. The van der Waals surface area contributed by atoms with Crippen molar-refractivity contribution in [1.82, 2.24) is 9.88 Å². The number of carbonyl (C=O) groups is 1. The summed E-state index contributed by atoms with van der Waals surface area (Å²) in [6.45, 7) is 6.19. The number of rotatable bonds is 1. The minimum absolute atomic E-state index is 0.0395. The number of ether oxygens (including phenoxy) is 1. The minimum Gasteiger partial charge on any atom is -0.444 e. The van der Waals surface area contributed by atoms with E-state index in [4.69, 9.17) is 4.74 Å². The van der Waals surface area contributed by atoms with Crippen molar-refractivity contribution < 1.29 is 9.53 Å². The van der Waals surface area contributed by atoms with Gasteiger partial charge in [0.1, 0.15) is 5.60 Å². The lowest BCUT2D eigenvalue weighted by Gasteiger charge is -2.28. The van der Waals surface area contributed by atoms with Crippen molar-refractivity contribution in [3.63, 3.8) is 0 Å². The molecule has 1 saturated heterocycles. The van der Waals surface area contributed by atoms with Crippen LogP contribution in [-0.4, -0.2) is 28.1 Å². The second-order valence-corrected chi connectivity index (χ2v) is 8.03. The molecule has 0 spiro atoms. The summed E-state index contributed by atoms with van der Waals surface area (Å²) < 4.78 is 6.40. The molecule has 1 atom stereocenters. The van der Waals surface area contributed by atoms with Crippen molar-refractivity contribution in [3.05, 3.63) is 44.7 Å². The summed E-state index contributed by atoms with van der Waals surface area (Å²) in [5.74, 6) is 0. The molecule has 3 rings (SSSR count). The van der Waals surface area contributed by atoms with Crippen LogP contribution in [0, 0.1) is 0 Å². The van der Waals surface area contributed by atoms with E-state index < -0.39 is 5.60 Å². The summed E-state index contributed by atoms with van der Waals surface area (Å²) in [5.41, 5.74) is 0.950. The maximum Gasteiger partial charge on any atom is 0.410 e. The normalized spacial score (nSPS) is 18.2. The molecule has 0 radical (unpaired) electrons. The Hall–Kier alpha value is -1.82. The third-order valence-electron chi connectivity index (χ3n) is 4.05. The molecular weight excluding hydrogens is 372 g/mol. The first-order valence-electron chi connectivity index (χ1n) is 8.07. The predicted octanol–water partition coefficient (Wildman–Crippen LogP) is 4.36. The Morgan fingerprint density at radius 2 is 2.08 bits per heavy atom. The van der Waals surface area contributed by atoms with E-state index in [0.29, 0.717) is 11.9 Å². The lowest BCUT2D eigenvalue weighted by Crippen LogP contribution is -2.36. The summed E-state index contributed by atoms with van der Waals surface area (Å²) in [5, 5.41) is 0.642. The number of pyridine rings is 1. The number of hydrogen-bond donors (Lipinski definition) is 1. The van der Waals surface area contributed by atoms with E-state index in [1.807, 2.05) is 32.9 Å². The van der Waals surface area contributed by atoms with Gasteiger partial charge in [0.05, 0.1) is 11.6 Å². The van der Waals surface area contributed by atoms with Gasteiger partial charge >= 0.3 is 6.09 Å². The van der Waals surface area contributed by atoms with Gasteiger partial charge in [-0.25, -0.2) is 4.79 Å². The van der Waals surface area contributed by atoms with Crippen LogP contribution in [-0.2, 0) is 4.74 Å². The molecule has 1 aliphatic heterocycles. The Balaban J connectivity index is 1.96. The molecule has 1 amide bonds. The van der Waals surface area contributed by atoms with Crippen LogP contribution in [0.25, 0.3) is 10.9 Å². The highest BCUT2D eigenvalue weighted by molar-refractivity contribution is 9.10. The molecule has 24 heavy (non-hydrogen) atoms. The Morgan fingerprint density at radius 1 is 1.33 bits per heavy atom. The average Bonchev–Trinajstić information content (AvgIpc) is 2.94. The first-order valence-corrected chi connectivity index (χ1v) is 8.86. The summed E-state index contributed by atoms with van der Waals surface area (Å²) in [7, 11) is 0. The van der Waals surface area contributed by atoms with E-state index in [9.17, 15) is 9.59 Å². The summed E-state index contributed by atoms with van der Waals surface area (Å²) in [6, 6.07) is 6.97. The zero-order valence-corrected chi connectivity index (χ0v) is 15.6. The standard InChI is InChI=1S/C18H21BrN2O3/c1-18(2,3)24-17(23)21-8-4-5-15(21)14-10-16(22)12-7-6-11(19)9-13(12)20-14/h6-7,9-10,15H,4-5,8H2,1-3H3,(H,20,22). The van der Waals surface area contributed by atoms with Crippen LogP contribution >= 0.6 is 15.9 Å². The van der Waals surface area contributed by atoms with E-state index >= 15 is 0 Å². The van der Waals surface area contributed by atoms with Gasteiger partial charge in [-0.15, -0.1) is 0 Å². The number of aromatic nitrogens is 1. The highest BCUT2D eigenvalue weighted by Gasteiger charge is 2.33. The number of aromatic amines is 1. The molecule has 0 aliphatic carbocycles. The van der Waals surface area contributed by atoms with E-state index in [0.717, 1.165) is 28.5 Å². The number of amides is 1. The molecule has 2 aromatic rings. The van der Waals surface area contributed by atoms with Crippen molar-refractivity contribution in [2.24, 2.45) is 0 Å². The van der Waals surface area contributed by atoms with Crippen LogP contribution < -0.4 is 5.43 Å². The summed E-state index contributed by atoms with van der Waals surface area (Å²) >= 11 is 3.43. The van der Waals surface area contributed by atoms with Gasteiger partial charge in [0.25, 0.3) is 0 Å². The van der Waals surface area contributed by atoms with Gasteiger partial charge in [-0.3, -0.25) is 9.69 Å². The largest absolute Gasteiger partial charge is 0.444 e. The summed E-state index contributed by atoms with van der Waals surface area (Å²) in [4.78, 5) is 29.9. The Labute approximate surface area is 149 Å². The molecule has 1 fully saturated rings. The van der Waals surface area contributed by atoms with Crippen LogP contribution in [0.4, 0.5) is 4.79 Å². The van der Waals surface area contributed by atoms with E-state index in [-0.39, 0.29) is 17.6 Å². The molecule has 2 heterocycles. The highest BCUT2D eigenvalue weighted by atomic mass is 79.9. The van der Waals surface area contributed by atoms with Crippen LogP contribution in [0.15, 0.2) is 33.5 Å². The van der Waals surface area contributed by atoms with Crippen LogP contribution in [0.2, 0.25) is 0 Å². The number of likely N-dealkylation sites (tertiary alicyclic amines) is 1.